The summed E-state index contributed by atoms with van der Waals surface area (Å²) in [6, 6.07) is 18.5. The van der Waals surface area contributed by atoms with Crippen LogP contribution in [-0.4, -0.2) is 44.3 Å². The van der Waals surface area contributed by atoms with E-state index in [1.807, 2.05) is 44.4 Å². The average molecular weight is 455 g/mol. The monoisotopic (exact) mass is 454 g/mol. The smallest absolute Gasteiger partial charge is 0.361 e. The largest absolute Gasteiger partial charge is 0.490 e. The summed E-state index contributed by atoms with van der Waals surface area (Å²) in [6.07, 6.45) is 11.8. The minimum absolute atomic E-state index is 0.192. The maximum atomic E-state index is 12.3. The number of hydrogen-bond acceptors (Lipinski definition) is 3. The number of aryl methyl sites for hydroxylation is 1. The van der Waals surface area contributed by atoms with Gasteiger partial charge in [-0.2, -0.15) is 0 Å². The number of quaternary nitrogens is 1. The quantitative estimate of drug-likeness (QED) is 0.154. The molecule has 2 rings (SSSR count). The van der Waals surface area contributed by atoms with Crippen LogP contribution in [0, 0.1) is 0 Å². The van der Waals surface area contributed by atoms with Gasteiger partial charge in [-0.1, -0.05) is 94.3 Å². The highest BCUT2D eigenvalue weighted by Crippen LogP contribution is 2.17. The molecule has 0 saturated carbocycles. The summed E-state index contributed by atoms with van der Waals surface area (Å²) in [5, 5.41) is 0. The van der Waals surface area contributed by atoms with Crippen LogP contribution in [0.15, 0.2) is 54.6 Å². The third-order valence-corrected chi connectivity index (χ3v) is 5.84. The summed E-state index contributed by atoms with van der Waals surface area (Å²) < 4.78 is 11.8. The number of nitrogens with zero attached hydrogens (tertiary/aromatic N) is 1. The lowest BCUT2D eigenvalue weighted by Gasteiger charge is -2.28. The van der Waals surface area contributed by atoms with Crippen LogP contribution in [0.3, 0.4) is 0 Å². The van der Waals surface area contributed by atoms with E-state index in [-0.39, 0.29) is 12.6 Å². The van der Waals surface area contributed by atoms with Gasteiger partial charge in [0.2, 0.25) is 0 Å². The fraction of sp³-hybridized carbons (Fsp3) is 0.552. The van der Waals surface area contributed by atoms with E-state index in [4.69, 9.17) is 9.47 Å². The predicted molar refractivity (Wildman–Crippen MR) is 136 cm³/mol. The van der Waals surface area contributed by atoms with Gasteiger partial charge in [-0.25, -0.2) is 4.79 Å². The van der Waals surface area contributed by atoms with Crippen LogP contribution in [0.4, 0.5) is 0 Å². The molecule has 0 radical (unpaired) electrons. The SMILES string of the molecule is CCCCCCCCCCc1cccc(OCCOC(=O)C[N+](C)(C)Cc2ccccc2)c1. The van der Waals surface area contributed by atoms with Gasteiger partial charge >= 0.3 is 5.97 Å². The first-order chi connectivity index (χ1) is 16.0. The molecule has 0 aliphatic heterocycles. The normalized spacial score (nSPS) is 11.4. The van der Waals surface area contributed by atoms with Crippen molar-refractivity contribution in [1.82, 2.24) is 0 Å². The van der Waals surface area contributed by atoms with Crippen molar-refractivity contribution in [2.75, 3.05) is 33.9 Å². The van der Waals surface area contributed by atoms with Gasteiger partial charge in [0, 0.05) is 5.56 Å². The van der Waals surface area contributed by atoms with Crippen molar-refractivity contribution in [2.45, 2.75) is 71.3 Å². The highest BCUT2D eigenvalue weighted by atomic mass is 16.6. The summed E-state index contributed by atoms with van der Waals surface area (Å²) in [4.78, 5) is 12.3. The topological polar surface area (TPSA) is 35.5 Å². The molecular formula is C29H44NO3+. The van der Waals surface area contributed by atoms with Gasteiger partial charge < -0.3 is 14.0 Å². The van der Waals surface area contributed by atoms with Gasteiger partial charge in [-0.15, -0.1) is 0 Å². The Morgan fingerprint density at radius 1 is 0.788 bits per heavy atom. The van der Waals surface area contributed by atoms with Gasteiger partial charge in [0.1, 0.15) is 25.5 Å². The molecule has 0 unspecified atom stereocenters. The molecule has 0 atom stereocenters. The van der Waals surface area contributed by atoms with Crippen LogP contribution >= 0.6 is 0 Å². The van der Waals surface area contributed by atoms with E-state index in [2.05, 4.69) is 31.2 Å². The summed E-state index contributed by atoms with van der Waals surface area (Å²) in [5.74, 6) is 0.659. The highest BCUT2D eigenvalue weighted by Gasteiger charge is 2.21. The molecular weight excluding hydrogens is 410 g/mol. The highest BCUT2D eigenvalue weighted by molar-refractivity contribution is 5.70. The van der Waals surface area contributed by atoms with Crippen molar-refractivity contribution in [3.8, 4) is 5.75 Å². The fourth-order valence-electron chi connectivity index (χ4n) is 4.10. The van der Waals surface area contributed by atoms with Gasteiger partial charge in [0.15, 0.2) is 6.54 Å². The van der Waals surface area contributed by atoms with Crippen molar-refractivity contribution in [3.63, 3.8) is 0 Å². The molecule has 2 aromatic rings. The van der Waals surface area contributed by atoms with Crippen molar-refractivity contribution in [3.05, 3.63) is 65.7 Å². The van der Waals surface area contributed by atoms with Crippen LogP contribution in [-0.2, 0) is 22.5 Å². The van der Waals surface area contributed by atoms with Crippen molar-refractivity contribution >= 4 is 5.97 Å². The maximum Gasteiger partial charge on any atom is 0.361 e. The zero-order valence-corrected chi connectivity index (χ0v) is 21.1. The average Bonchev–Trinajstić information content (AvgIpc) is 2.79. The number of ether oxygens (including phenoxy) is 2. The fourth-order valence-corrected chi connectivity index (χ4v) is 4.10. The molecule has 2 aromatic carbocycles. The van der Waals surface area contributed by atoms with Crippen LogP contribution < -0.4 is 4.74 Å². The zero-order valence-electron chi connectivity index (χ0n) is 21.1. The minimum Gasteiger partial charge on any atom is -0.490 e. The molecule has 0 aliphatic rings. The number of benzene rings is 2. The van der Waals surface area contributed by atoms with Crippen molar-refractivity contribution in [1.29, 1.82) is 0 Å². The van der Waals surface area contributed by atoms with Crippen LogP contribution in [0.1, 0.15) is 69.4 Å². The first-order valence-corrected chi connectivity index (χ1v) is 12.7. The number of esters is 1. The number of likely N-dealkylation sites (N-methyl/N-ethyl adjacent to an activating group) is 1. The molecule has 0 saturated heterocycles. The molecule has 0 bridgehead atoms. The number of unbranched alkanes of at least 4 members (excludes halogenated alkanes) is 7. The molecule has 0 amide bonds. The summed E-state index contributed by atoms with van der Waals surface area (Å²) >= 11 is 0. The minimum atomic E-state index is -0.192. The molecule has 0 aromatic heterocycles. The summed E-state index contributed by atoms with van der Waals surface area (Å²) in [7, 11) is 4.09. The summed E-state index contributed by atoms with van der Waals surface area (Å²) in [6.45, 7) is 4.03. The number of carbonyl (C=O) groups is 1. The Balaban J connectivity index is 1.59. The molecule has 4 nitrogen and oxygen atoms in total. The Hall–Kier alpha value is -2.33. The van der Waals surface area contributed by atoms with Gasteiger partial charge in [-0.05, 0) is 30.5 Å². The second-order valence-electron chi connectivity index (χ2n) is 9.68. The Bertz CT molecular complexity index is 788. The molecule has 0 aliphatic carbocycles. The van der Waals surface area contributed by atoms with Gasteiger partial charge in [0.05, 0.1) is 14.1 Å². The standard InChI is InChI=1S/C29H44NO3/c1-4-5-6-7-8-9-10-12-16-26-19-15-20-28(23-26)32-21-22-33-29(31)25-30(2,3)24-27-17-13-11-14-18-27/h11,13-15,17-20,23H,4-10,12,16,21-22,24-25H2,1-3H3/q+1. The maximum absolute atomic E-state index is 12.3. The van der Waals surface area contributed by atoms with E-state index in [0.717, 1.165) is 18.7 Å². The number of carbonyl (C=O) groups excluding carboxylic acids is 1. The van der Waals surface area contributed by atoms with Gasteiger partial charge in [-0.3, -0.25) is 0 Å². The second-order valence-corrected chi connectivity index (χ2v) is 9.68. The molecule has 4 heteroatoms. The van der Waals surface area contributed by atoms with E-state index in [9.17, 15) is 4.79 Å². The second kappa shape index (κ2) is 15.5. The molecule has 0 spiro atoms. The van der Waals surface area contributed by atoms with E-state index in [1.54, 1.807) is 0 Å². The van der Waals surface area contributed by atoms with E-state index < -0.39 is 0 Å². The Labute approximate surface area is 201 Å². The van der Waals surface area contributed by atoms with Crippen LogP contribution in [0.5, 0.6) is 5.75 Å². The molecule has 0 N–H and O–H groups in total. The van der Waals surface area contributed by atoms with Gasteiger partial charge in [0.25, 0.3) is 0 Å². The van der Waals surface area contributed by atoms with Crippen molar-refractivity contribution < 1.29 is 18.8 Å². The Morgan fingerprint density at radius 3 is 2.18 bits per heavy atom. The molecule has 182 valence electrons. The first kappa shape index (κ1) is 26.9. The molecule has 0 fully saturated rings. The van der Waals surface area contributed by atoms with E-state index in [1.165, 1.54) is 62.5 Å². The lowest BCUT2D eigenvalue weighted by molar-refractivity contribution is -0.896. The third kappa shape index (κ3) is 12.5. The van der Waals surface area contributed by atoms with Crippen LogP contribution in [0.25, 0.3) is 0 Å². The Morgan fingerprint density at radius 2 is 1.45 bits per heavy atom. The third-order valence-electron chi connectivity index (χ3n) is 5.84. The van der Waals surface area contributed by atoms with E-state index >= 15 is 0 Å². The molecule has 33 heavy (non-hydrogen) atoms. The Kier molecular flexibility index (Phi) is 12.6. The van der Waals surface area contributed by atoms with Crippen molar-refractivity contribution in [2.24, 2.45) is 0 Å². The number of rotatable bonds is 17. The lowest BCUT2D eigenvalue weighted by atomic mass is 10.0. The predicted octanol–water partition coefficient (Wildman–Crippen LogP) is 6.57. The zero-order chi connectivity index (χ0) is 23.8. The van der Waals surface area contributed by atoms with E-state index in [0.29, 0.717) is 17.6 Å². The first-order valence-electron chi connectivity index (χ1n) is 12.7. The lowest BCUT2D eigenvalue weighted by Crippen LogP contribution is -2.43. The van der Waals surface area contributed by atoms with Crippen LogP contribution in [0.2, 0.25) is 0 Å². The number of hydrogen-bond donors (Lipinski definition) is 0. The summed E-state index contributed by atoms with van der Waals surface area (Å²) in [5.41, 5.74) is 2.53. The molecule has 0 heterocycles.